The summed E-state index contributed by atoms with van der Waals surface area (Å²) < 4.78 is 0. The maximum absolute atomic E-state index is 11.4. The molecule has 1 saturated heterocycles. The zero-order valence-electron chi connectivity index (χ0n) is 12.4. The molecule has 1 aliphatic heterocycles. The van der Waals surface area contributed by atoms with E-state index in [1.165, 1.54) is 11.3 Å². The number of nitrogens with zero attached hydrogens (tertiary/aromatic N) is 3. The molecule has 0 aliphatic carbocycles. The number of hydrogen-bond donors (Lipinski definition) is 2. The first kappa shape index (κ1) is 15.6. The molecular formula is C14H21N5OS. The Bertz CT molecular complexity index is 573. The van der Waals surface area contributed by atoms with Crippen LogP contribution in [-0.2, 0) is 0 Å². The van der Waals surface area contributed by atoms with Crippen LogP contribution < -0.4 is 16.4 Å². The molecule has 21 heavy (non-hydrogen) atoms. The molecule has 1 fully saturated rings. The molecule has 2 rings (SSSR count). The summed E-state index contributed by atoms with van der Waals surface area (Å²) in [5, 5.41) is 10.1. The van der Waals surface area contributed by atoms with Crippen molar-refractivity contribution >= 4 is 27.9 Å². The number of hydrogen-bond acceptors (Lipinski definition) is 6. The summed E-state index contributed by atoms with van der Waals surface area (Å²) in [6.45, 7) is 8.06. The van der Waals surface area contributed by atoms with Crippen molar-refractivity contribution in [1.29, 1.82) is 5.26 Å². The normalized spacial score (nSPS) is 18.2. The SMILES string of the molecule is CCN(CC)C1CCN(c2sc(C(N)=O)c(N)c2C#N)C1. The van der Waals surface area contributed by atoms with E-state index in [1.54, 1.807) is 0 Å². The van der Waals surface area contributed by atoms with E-state index in [4.69, 9.17) is 11.5 Å². The number of carbonyl (C=O) groups is 1. The topological polar surface area (TPSA) is 99.4 Å². The fourth-order valence-corrected chi connectivity index (χ4v) is 3.97. The van der Waals surface area contributed by atoms with E-state index in [9.17, 15) is 10.1 Å². The van der Waals surface area contributed by atoms with Crippen LogP contribution in [0.2, 0.25) is 0 Å². The molecule has 1 aromatic rings. The summed E-state index contributed by atoms with van der Waals surface area (Å²) in [6, 6.07) is 2.59. The minimum absolute atomic E-state index is 0.219. The maximum Gasteiger partial charge on any atom is 0.261 e. The number of primary amides is 1. The first-order valence-electron chi connectivity index (χ1n) is 7.14. The van der Waals surface area contributed by atoms with E-state index in [0.29, 0.717) is 11.6 Å². The molecule has 0 radical (unpaired) electrons. The average Bonchev–Trinajstić information content (AvgIpc) is 3.04. The van der Waals surface area contributed by atoms with Crippen LogP contribution in [0, 0.1) is 11.3 Å². The lowest BCUT2D eigenvalue weighted by Gasteiger charge is -2.26. The van der Waals surface area contributed by atoms with Crippen molar-refractivity contribution in [3.05, 3.63) is 10.4 Å². The molecule has 0 saturated carbocycles. The van der Waals surface area contributed by atoms with Crippen molar-refractivity contribution in [2.75, 3.05) is 36.8 Å². The van der Waals surface area contributed by atoms with Crippen LogP contribution in [0.15, 0.2) is 0 Å². The zero-order chi connectivity index (χ0) is 15.6. The van der Waals surface area contributed by atoms with Crippen molar-refractivity contribution in [3.63, 3.8) is 0 Å². The Labute approximate surface area is 128 Å². The summed E-state index contributed by atoms with van der Waals surface area (Å²) in [7, 11) is 0. The minimum Gasteiger partial charge on any atom is -0.396 e. The second kappa shape index (κ2) is 6.33. The van der Waals surface area contributed by atoms with Crippen LogP contribution >= 0.6 is 11.3 Å². The van der Waals surface area contributed by atoms with Crippen LogP contribution in [0.5, 0.6) is 0 Å². The van der Waals surface area contributed by atoms with Gasteiger partial charge in [0.2, 0.25) is 0 Å². The van der Waals surface area contributed by atoms with E-state index < -0.39 is 5.91 Å². The Balaban J connectivity index is 2.26. The Hall–Kier alpha value is -1.78. The predicted octanol–water partition coefficient (Wildman–Crippen LogP) is 1.22. The number of amides is 1. The van der Waals surface area contributed by atoms with Gasteiger partial charge in [-0.05, 0) is 19.5 Å². The number of rotatable bonds is 5. The Morgan fingerprint density at radius 2 is 2.19 bits per heavy atom. The molecule has 0 spiro atoms. The molecular weight excluding hydrogens is 286 g/mol. The molecule has 1 amide bonds. The third-order valence-electron chi connectivity index (χ3n) is 4.04. The summed E-state index contributed by atoms with van der Waals surface area (Å²) in [6.07, 6.45) is 1.05. The second-order valence-corrected chi connectivity index (χ2v) is 6.11. The quantitative estimate of drug-likeness (QED) is 0.852. The Morgan fingerprint density at radius 1 is 1.52 bits per heavy atom. The van der Waals surface area contributed by atoms with Gasteiger partial charge in [-0.15, -0.1) is 11.3 Å². The number of anilines is 2. The molecule has 1 unspecified atom stereocenters. The van der Waals surface area contributed by atoms with Crippen LogP contribution in [-0.4, -0.2) is 43.0 Å². The van der Waals surface area contributed by atoms with E-state index >= 15 is 0 Å². The molecule has 114 valence electrons. The van der Waals surface area contributed by atoms with Gasteiger partial charge in [0, 0.05) is 19.1 Å². The molecule has 1 atom stereocenters. The summed E-state index contributed by atoms with van der Waals surface area (Å²) in [5.41, 5.74) is 11.8. The van der Waals surface area contributed by atoms with Gasteiger partial charge in [-0.2, -0.15) is 5.26 Å². The van der Waals surface area contributed by atoms with Gasteiger partial charge in [-0.1, -0.05) is 13.8 Å². The van der Waals surface area contributed by atoms with Gasteiger partial charge < -0.3 is 16.4 Å². The monoisotopic (exact) mass is 307 g/mol. The maximum atomic E-state index is 11.4. The molecule has 1 aromatic heterocycles. The van der Waals surface area contributed by atoms with Crippen molar-refractivity contribution in [3.8, 4) is 6.07 Å². The second-order valence-electron chi connectivity index (χ2n) is 5.11. The van der Waals surface area contributed by atoms with E-state index in [1.807, 2.05) is 0 Å². The van der Waals surface area contributed by atoms with Gasteiger partial charge >= 0.3 is 0 Å². The Morgan fingerprint density at radius 3 is 2.71 bits per heavy atom. The van der Waals surface area contributed by atoms with E-state index in [-0.39, 0.29) is 10.6 Å². The van der Waals surface area contributed by atoms with Crippen LogP contribution in [0.1, 0.15) is 35.5 Å². The molecule has 0 bridgehead atoms. The average molecular weight is 307 g/mol. The van der Waals surface area contributed by atoms with Gasteiger partial charge in [0.05, 0.1) is 5.69 Å². The number of nitriles is 1. The molecule has 7 heteroatoms. The molecule has 0 aromatic carbocycles. The van der Waals surface area contributed by atoms with Gasteiger partial charge in [0.1, 0.15) is 21.5 Å². The van der Waals surface area contributed by atoms with Crippen LogP contribution in [0.4, 0.5) is 10.7 Å². The van der Waals surface area contributed by atoms with Crippen LogP contribution in [0.25, 0.3) is 0 Å². The number of nitrogen functional groups attached to an aromatic ring is 1. The van der Waals surface area contributed by atoms with Gasteiger partial charge in [0.15, 0.2) is 0 Å². The fraction of sp³-hybridized carbons (Fsp3) is 0.571. The van der Waals surface area contributed by atoms with Gasteiger partial charge in [-0.3, -0.25) is 9.69 Å². The molecule has 6 nitrogen and oxygen atoms in total. The highest BCUT2D eigenvalue weighted by atomic mass is 32.1. The summed E-state index contributed by atoms with van der Waals surface area (Å²) in [4.78, 5) is 16.2. The Kier molecular flexibility index (Phi) is 4.70. The number of nitrogens with two attached hydrogens (primary N) is 2. The molecule has 4 N–H and O–H groups in total. The van der Waals surface area contributed by atoms with E-state index in [2.05, 4.69) is 29.7 Å². The van der Waals surface area contributed by atoms with Crippen molar-refractivity contribution in [1.82, 2.24) is 4.90 Å². The largest absolute Gasteiger partial charge is 0.396 e. The lowest BCUT2D eigenvalue weighted by molar-refractivity contribution is 0.100. The zero-order valence-corrected chi connectivity index (χ0v) is 13.2. The standard InChI is InChI=1S/C14H21N5OS/c1-3-18(4-2)9-5-6-19(8-9)14-10(7-15)11(16)12(21-14)13(17)20/h9H,3-6,8,16H2,1-2H3,(H2,17,20). The number of thiophene rings is 1. The first-order valence-corrected chi connectivity index (χ1v) is 7.96. The minimum atomic E-state index is -0.570. The predicted molar refractivity (Wildman–Crippen MR) is 85.5 cm³/mol. The highest BCUT2D eigenvalue weighted by Crippen LogP contribution is 2.39. The van der Waals surface area contributed by atoms with Gasteiger partial charge in [-0.25, -0.2) is 0 Å². The molecule has 2 heterocycles. The van der Waals surface area contributed by atoms with Crippen molar-refractivity contribution in [2.24, 2.45) is 5.73 Å². The number of carbonyl (C=O) groups excluding carboxylic acids is 1. The fourth-order valence-electron chi connectivity index (χ4n) is 2.91. The highest BCUT2D eigenvalue weighted by Gasteiger charge is 2.30. The van der Waals surface area contributed by atoms with Crippen LogP contribution in [0.3, 0.4) is 0 Å². The highest BCUT2D eigenvalue weighted by molar-refractivity contribution is 7.19. The lowest BCUT2D eigenvalue weighted by Crippen LogP contribution is -2.37. The summed E-state index contributed by atoms with van der Waals surface area (Å²) >= 11 is 1.23. The third-order valence-corrected chi connectivity index (χ3v) is 5.32. The first-order chi connectivity index (χ1) is 10.0. The molecule has 1 aliphatic rings. The van der Waals surface area contributed by atoms with Crippen molar-refractivity contribution < 1.29 is 4.79 Å². The number of likely N-dealkylation sites (N-methyl/N-ethyl adjacent to an activating group) is 1. The van der Waals surface area contributed by atoms with E-state index in [0.717, 1.165) is 37.6 Å². The summed E-state index contributed by atoms with van der Waals surface area (Å²) in [5.74, 6) is -0.570. The smallest absolute Gasteiger partial charge is 0.261 e. The third kappa shape index (κ3) is 2.82. The lowest BCUT2D eigenvalue weighted by atomic mass is 10.2. The van der Waals surface area contributed by atoms with Gasteiger partial charge in [0.25, 0.3) is 5.91 Å². The van der Waals surface area contributed by atoms with Crippen molar-refractivity contribution in [2.45, 2.75) is 26.3 Å².